The van der Waals surface area contributed by atoms with Crippen molar-refractivity contribution in [1.82, 2.24) is 15.1 Å². The highest BCUT2D eigenvalue weighted by atomic mass is 32.2. The van der Waals surface area contributed by atoms with E-state index < -0.39 is 16.1 Å². The number of benzene rings is 1. The number of nitrogens with zero attached hydrogens (tertiary/aromatic N) is 3. The molecule has 1 atom stereocenters. The molecule has 1 aromatic heterocycles. The second-order valence-electron chi connectivity index (χ2n) is 6.57. The first-order valence-corrected chi connectivity index (χ1v) is 11.1. The third-order valence-corrected chi connectivity index (χ3v) is 6.70. The highest BCUT2D eigenvalue weighted by molar-refractivity contribution is 7.93. The zero-order chi connectivity index (χ0) is 19.6. The molecule has 2 aromatic rings. The summed E-state index contributed by atoms with van der Waals surface area (Å²) >= 11 is 1.17. The maximum atomic E-state index is 12.6. The van der Waals surface area contributed by atoms with Gasteiger partial charge in [0.25, 0.3) is 10.0 Å². The lowest BCUT2D eigenvalue weighted by molar-refractivity contribution is -0.133. The van der Waals surface area contributed by atoms with E-state index in [1.165, 1.54) is 11.3 Å². The topological polar surface area (TPSA) is 118 Å². The van der Waals surface area contributed by atoms with E-state index in [2.05, 4.69) is 14.9 Å². The second-order valence-corrected chi connectivity index (χ2v) is 9.43. The fraction of sp³-hybridized carbons (Fsp3) is 0.471. The molecule has 1 aliphatic rings. The van der Waals surface area contributed by atoms with Gasteiger partial charge in [-0.15, -0.1) is 10.2 Å². The molecule has 0 saturated heterocycles. The van der Waals surface area contributed by atoms with Crippen LogP contribution in [0.15, 0.2) is 23.1 Å². The zero-order valence-corrected chi connectivity index (χ0v) is 16.9. The molecule has 0 saturated carbocycles. The van der Waals surface area contributed by atoms with Crippen LogP contribution in [0, 0.1) is 6.92 Å². The van der Waals surface area contributed by atoms with Gasteiger partial charge in [0.05, 0.1) is 10.9 Å². The highest BCUT2D eigenvalue weighted by Crippen LogP contribution is 2.25. The number of hydrogen-bond donors (Lipinski definition) is 2. The number of amides is 1. The molecular weight excluding hydrogens is 386 g/mol. The number of fused-ring (bicyclic) bond motifs is 1. The Morgan fingerprint density at radius 3 is 2.81 bits per heavy atom. The summed E-state index contributed by atoms with van der Waals surface area (Å²) in [5.41, 5.74) is 7.84. The second kappa shape index (κ2) is 7.91. The highest BCUT2D eigenvalue weighted by Gasteiger charge is 2.26. The van der Waals surface area contributed by atoms with Crippen LogP contribution in [0.5, 0.6) is 0 Å². The van der Waals surface area contributed by atoms with E-state index in [1.807, 2.05) is 13.0 Å². The summed E-state index contributed by atoms with van der Waals surface area (Å²) in [5.74, 6) is -0.0850. The number of rotatable bonds is 6. The predicted octanol–water partition coefficient (Wildman–Crippen LogP) is 1.66. The van der Waals surface area contributed by atoms with Gasteiger partial charge in [0, 0.05) is 13.1 Å². The largest absolute Gasteiger partial charge is 0.337 e. The lowest BCUT2D eigenvalue weighted by atomic mass is 9.99. The number of carbonyl (C=O) groups excluding carboxylic acids is 1. The Morgan fingerprint density at radius 1 is 1.37 bits per heavy atom. The maximum absolute atomic E-state index is 12.6. The molecular formula is C17H23N5O3S2. The van der Waals surface area contributed by atoms with E-state index >= 15 is 0 Å². The van der Waals surface area contributed by atoms with E-state index in [4.69, 9.17) is 5.73 Å². The Kier molecular flexibility index (Phi) is 5.78. The fourth-order valence-electron chi connectivity index (χ4n) is 3.07. The van der Waals surface area contributed by atoms with Gasteiger partial charge in [0.2, 0.25) is 11.0 Å². The van der Waals surface area contributed by atoms with Crippen LogP contribution in [-0.2, 0) is 27.8 Å². The zero-order valence-electron chi connectivity index (χ0n) is 15.3. The summed E-state index contributed by atoms with van der Waals surface area (Å²) in [5, 5.41) is 8.51. The van der Waals surface area contributed by atoms with Crippen LogP contribution < -0.4 is 10.5 Å². The fourth-order valence-corrected chi connectivity index (χ4v) is 4.94. The molecule has 0 aliphatic carbocycles. The van der Waals surface area contributed by atoms with E-state index in [0.717, 1.165) is 17.5 Å². The van der Waals surface area contributed by atoms with Crippen molar-refractivity contribution in [1.29, 1.82) is 0 Å². The summed E-state index contributed by atoms with van der Waals surface area (Å²) in [6.07, 6.45) is 2.17. The van der Waals surface area contributed by atoms with Gasteiger partial charge in [-0.05, 0) is 43.0 Å². The van der Waals surface area contributed by atoms with Gasteiger partial charge < -0.3 is 10.6 Å². The van der Waals surface area contributed by atoms with Crippen LogP contribution in [0.1, 0.15) is 35.9 Å². The van der Waals surface area contributed by atoms with Gasteiger partial charge in [0.1, 0.15) is 5.01 Å². The van der Waals surface area contributed by atoms with Crippen LogP contribution >= 0.6 is 11.3 Å². The maximum Gasteiger partial charge on any atom is 0.263 e. The van der Waals surface area contributed by atoms with Gasteiger partial charge >= 0.3 is 0 Å². The number of carbonyl (C=O) groups is 1. The average Bonchev–Trinajstić information content (AvgIpc) is 3.04. The molecule has 0 spiro atoms. The van der Waals surface area contributed by atoms with Crippen LogP contribution in [0.4, 0.5) is 5.13 Å². The van der Waals surface area contributed by atoms with Gasteiger partial charge in [0.15, 0.2) is 0 Å². The molecule has 0 unspecified atom stereocenters. The van der Waals surface area contributed by atoms with Crippen LogP contribution in [0.2, 0.25) is 0 Å². The van der Waals surface area contributed by atoms with Crippen LogP contribution in [0.25, 0.3) is 0 Å². The van der Waals surface area contributed by atoms with Gasteiger partial charge in [-0.1, -0.05) is 30.7 Å². The molecule has 0 fully saturated rings. The molecule has 0 bridgehead atoms. The molecule has 3 rings (SSSR count). The van der Waals surface area contributed by atoms with Crippen molar-refractivity contribution < 1.29 is 13.2 Å². The van der Waals surface area contributed by atoms with Crippen molar-refractivity contribution in [3.63, 3.8) is 0 Å². The number of nitrogens with one attached hydrogen (secondary N) is 1. The van der Waals surface area contributed by atoms with Gasteiger partial charge in [-0.3, -0.25) is 9.52 Å². The molecule has 2 heterocycles. The molecule has 1 amide bonds. The molecule has 0 radical (unpaired) electrons. The van der Waals surface area contributed by atoms with Crippen molar-refractivity contribution in [2.24, 2.45) is 5.73 Å². The number of aromatic nitrogens is 2. The average molecular weight is 410 g/mol. The van der Waals surface area contributed by atoms with Crippen molar-refractivity contribution in [2.45, 2.75) is 50.6 Å². The Morgan fingerprint density at radius 2 is 2.15 bits per heavy atom. The summed E-state index contributed by atoms with van der Waals surface area (Å²) < 4.78 is 27.7. The minimum absolute atomic E-state index is 0.0850. The van der Waals surface area contributed by atoms with Gasteiger partial charge in [-0.25, -0.2) is 8.42 Å². The first-order valence-electron chi connectivity index (χ1n) is 8.79. The van der Waals surface area contributed by atoms with E-state index in [0.29, 0.717) is 30.9 Å². The molecule has 10 heteroatoms. The Balaban J connectivity index is 1.80. The normalized spacial score (nSPS) is 15.3. The van der Waals surface area contributed by atoms with Crippen molar-refractivity contribution in [3.05, 3.63) is 34.3 Å². The molecule has 146 valence electrons. The van der Waals surface area contributed by atoms with Crippen molar-refractivity contribution in [2.75, 3.05) is 11.3 Å². The summed E-state index contributed by atoms with van der Waals surface area (Å²) in [7, 11) is -3.77. The molecule has 27 heavy (non-hydrogen) atoms. The van der Waals surface area contributed by atoms with Crippen LogP contribution in [-0.4, -0.2) is 42.0 Å². The summed E-state index contributed by atoms with van der Waals surface area (Å²) in [6, 6.07) is 4.50. The first kappa shape index (κ1) is 19.7. The smallest absolute Gasteiger partial charge is 0.263 e. The quantitative estimate of drug-likeness (QED) is 0.749. The Labute approximate surface area is 162 Å². The number of nitrogens with two attached hydrogens (primary N) is 1. The van der Waals surface area contributed by atoms with Gasteiger partial charge in [-0.2, -0.15) is 0 Å². The molecule has 1 aliphatic heterocycles. The first-order chi connectivity index (χ1) is 12.8. The Hall–Kier alpha value is -2.04. The van der Waals surface area contributed by atoms with Crippen LogP contribution in [0.3, 0.4) is 0 Å². The number of anilines is 1. The van der Waals surface area contributed by atoms with E-state index in [9.17, 15) is 13.2 Å². The minimum atomic E-state index is -3.77. The molecule has 1 aromatic carbocycles. The summed E-state index contributed by atoms with van der Waals surface area (Å²) in [4.78, 5) is 14.3. The summed E-state index contributed by atoms with van der Waals surface area (Å²) in [6.45, 7) is 4.70. The van der Waals surface area contributed by atoms with Crippen molar-refractivity contribution in [3.8, 4) is 0 Å². The number of sulfonamides is 1. The lowest BCUT2D eigenvalue weighted by Gasteiger charge is -2.31. The SMILES string of the molecule is CCC[C@H](N)C(=O)N1CCc2ccc(S(=O)(=O)Nc3nnc(C)s3)cc2C1. The molecule has 8 nitrogen and oxygen atoms in total. The lowest BCUT2D eigenvalue weighted by Crippen LogP contribution is -2.45. The Bertz CT molecular complexity index is 942. The van der Waals surface area contributed by atoms with E-state index in [-0.39, 0.29) is 15.9 Å². The number of hydrogen-bond acceptors (Lipinski definition) is 7. The number of aryl methyl sites for hydroxylation is 1. The molecule has 3 N–H and O–H groups in total. The standard InChI is InChI=1S/C17H23N5O3S2/c1-3-4-15(18)16(23)22-8-7-12-5-6-14(9-13(12)10-22)27(24,25)21-17-20-19-11(2)26-17/h5-6,9,15H,3-4,7-8,10,18H2,1-2H3,(H,20,21)/t15-/m0/s1. The predicted molar refractivity (Wildman–Crippen MR) is 104 cm³/mol. The monoisotopic (exact) mass is 409 g/mol. The third kappa shape index (κ3) is 4.45. The third-order valence-electron chi connectivity index (χ3n) is 4.48. The van der Waals surface area contributed by atoms with E-state index in [1.54, 1.807) is 24.0 Å². The minimum Gasteiger partial charge on any atom is -0.337 e. The van der Waals surface area contributed by atoms with Crippen molar-refractivity contribution >= 4 is 32.4 Å².